The number of thiophene rings is 1. The molecular weight excluding hydrogens is 400 g/mol. The Labute approximate surface area is 168 Å². The van der Waals surface area contributed by atoms with E-state index >= 15 is 0 Å². The van der Waals surface area contributed by atoms with Crippen LogP contribution < -0.4 is 5.32 Å². The van der Waals surface area contributed by atoms with E-state index in [9.17, 15) is 4.79 Å². The van der Waals surface area contributed by atoms with Gasteiger partial charge in [0.15, 0.2) is 16.4 Å². The molecule has 4 aromatic rings. The Morgan fingerprint density at radius 2 is 2.22 bits per heavy atom. The van der Waals surface area contributed by atoms with Crippen LogP contribution in [-0.4, -0.2) is 20.7 Å². The summed E-state index contributed by atoms with van der Waals surface area (Å²) in [6.45, 7) is 0.261. The van der Waals surface area contributed by atoms with Crippen LogP contribution in [-0.2, 0) is 19.3 Å². The molecule has 9 heteroatoms. The number of hydrogen-bond donors (Lipinski definition) is 2. The van der Waals surface area contributed by atoms with Gasteiger partial charge in [0.25, 0.3) is 5.91 Å². The van der Waals surface area contributed by atoms with Gasteiger partial charge >= 0.3 is 0 Å². The summed E-state index contributed by atoms with van der Waals surface area (Å²) in [5, 5.41) is 12.7. The molecule has 0 atom stereocenters. The minimum Gasteiger partial charge on any atom is -0.451 e. The van der Waals surface area contributed by atoms with Gasteiger partial charge in [-0.25, -0.2) is 0 Å². The highest BCUT2D eigenvalue weighted by atomic mass is 32.2. The Kier molecular flexibility index (Phi) is 5.15. The van der Waals surface area contributed by atoms with Gasteiger partial charge in [0.2, 0.25) is 0 Å². The number of benzene rings is 1. The standard InChI is InChI=1S/C18H16N4O2S3/c1-22-14(20-21-18(22)25)9-19-17(23)16-12(10-27-15-7-4-8-26-15)11-5-2-3-6-13(11)24-16/h2-8H,9-10H2,1H3,(H,19,23)(H,21,25). The molecule has 1 amide bonds. The fraction of sp³-hybridized carbons (Fsp3) is 0.167. The van der Waals surface area contributed by atoms with Crippen LogP contribution in [0.3, 0.4) is 0 Å². The van der Waals surface area contributed by atoms with Crippen LogP contribution in [0.25, 0.3) is 11.0 Å². The van der Waals surface area contributed by atoms with Gasteiger partial charge in [0, 0.05) is 23.8 Å². The van der Waals surface area contributed by atoms with Crippen LogP contribution in [0.5, 0.6) is 0 Å². The molecule has 6 nitrogen and oxygen atoms in total. The number of para-hydroxylation sites is 1. The number of rotatable bonds is 6. The summed E-state index contributed by atoms with van der Waals surface area (Å²) in [4.78, 5) is 12.8. The van der Waals surface area contributed by atoms with Crippen LogP contribution in [0.2, 0.25) is 0 Å². The Bertz CT molecular complexity index is 1140. The number of nitrogens with zero attached hydrogens (tertiary/aromatic N) is 2. The number of thioether (sulfide) groups is 1. The van der Waals surface area contributed by atoms with Crippen molar-refractivity contribution < 1.29 is 9.21 Å². The summed E-state index contributed by atoms with van der Waals surface area (Å²) in [5.74, 6) is 1.39. The zero-order valence-corrected chi connectivity index (χ0v) is 16.8. The van der Waals surface area contributed by atoms with Crippen molar-refractivity contribution in [3.63, 3.8) is 0 Å². The lowest BCUT2D eigenvalue weighted by molar-refractivity contribution is 0.0923. The summed E-state index contributed by atoms with van der Waals surface area (Å²) < 4.78 is 9.31. The van der Waals surface area contributed by atoms with Crippen molar-refractivity contribution >= 4 is 52.2 Å². The normalized spacial score (nSPS) is 11.1. The first kappa shape index (κ1) is 18.0. The van der Waals surface area contributed by atoms with Gasteiger partial charge in [-0.2, -0.15) is 5.10 Å². The average molecular weight is 417 g/mol. The molecule has 0 saturated carbocycles. The van der Waals surface area contributed by atoms with Crippen LogP contribution in [0.15, 0.2) is 50.4 Å². The largest absolute Gasteiger partial charge is 0.451 e. The van der Waals surface area contributed by atoms with Gasteiger partial charge in [-0.15, -0.1) is 23.1 Å². The number of furan rings is 1. The van der Waals surface area contributed by atoms with Gasteiger partial charge in [0.05, 0.1) is 10.8 Å². The van der Waals surface area contributed by atoms with E-state index < -0.39 is 0 Å². The number of aromatic amines is 1. The molecule has 2 N–H and O–H groups in total. The van der Waals surface area contributed by atoms with Crippen molar-refractivity contribution in [2.24, 2.45) is 7.05 Å². The number of nitrogens with one attached hydrogen (secondary N) is 2. The number of carbonyl (C=O) groups excluding carboxylic acids is 1. The number of amides is 1. The third-order valence-corrected chi connectivity index (χ3v) is 6.66. The maximum atomic E-state index is 12.8. The van der Waals surface area contributed by atoms with E-state index in [2.05, 4.69) is 21.6 Å². The number of aromatic nitrogens is 3. The monoisotopic (exact) mass is 416 g/mol. The third kappa shape index (κ3) is 3.71. The summed E-state index contributed by atoms with van der Waals surface area (Å²) in [6, 6.07) is 11.8. The molecule has 0 aliphatic rings. The maximum absolute atomic E-state index is 12.8. The third-order valence-electron chi connectivity index (χ3n) is 4.14. The summed E-state index contributed by atoms with van der Waals surface area (Å²) >= 11 is 8.48. The molecule has 0 bridgehead atoms. The van der Waals surface area contributed by atoms with Crippen molar-refractivity contribution in [1.29, 1.82) is 0 Å². The summed E-state index contributed by atoms with van der Waals surface area (Å²) in [7, 11) is 1.80. The van der Waals surface area contributed by atoms with E-state index in [0.717, 1.165) is 10.9 Å². The highest BCUT2D eigenvalue weighted by Crippen LogP contribution is 2.33. The Morgan fingerprint density at radius 1 is 1.37 bits per heavy atom. The predicted octanol–water partition coefficient (Wildman–Crippen LogP) is 4.51. The Hall–Kier alpha value is -2.36. The molecule has 0 saturated heterocycles. The summed E-state index contributed by atoms with van der Waals surface area (Å²) in [5.41, 5.74) is 1.61. The molecule has 4 rings (SSSR count). The van der Waals surface area contributed by atoms with Crippen molar-refractivity contribution in [1.82, 2.24) is 20.1 Å². The second kappa shape index (κ2) is 7.71. The molecule has 0 fully saturated rings. The highest BCUT2D eigenvalue weighted by Gasteiger charge is 2.21. The van der Waals surface area contributed by atoms with Gasteiger partial charge in [-0.1, -0.05) is 24.3 Å². The first-order chi connectivity index (χ1) is 13.1. The molecule has 0 spiro atoms. The van der Waals surface area contributed by atoms with Crippen LogP contribution in [0.1, 0.15) is 21.9 Å². The van der Waals surface area contributed by atoms with E-state index in [1.54, 1.807) is 34.7 Å². The van der Waals surface area contributed by atoms with E-state index in [1.165, 1.54) is 4.21 Å². The predicted molar refractivity (Wildman–Crippen MR) is 110 cm³/mol. The average Bonchev–Trinajstić information content (AvgIpc) is 3.39. The highest BCUT2D eigenvalue weighted by molar-refractivity contribution is 8.00. The molecule has 0 unspecified atom stereocenters. The van der Waals surface area contributed by atoms with E-state index in [4.69, 9.17) is 16.6 Å². The van der Waals surface area contributed by atoms with Crippen molar-refractivity contribution in [2.45, 2.75) is 16.5 Å². The minimum atomic E-state index is -0.262. The van der Waals surface area contributed by atoms with Gasteiger partial charge in [0.1, 0.15) is 5.58 Å². The smallest absolute Gasteiger partial charge is 0.287 e. The van der Waals surface area contributed by atoms with Crippen molar-refractivity contribution in [2.75, 3.05) is 0 Å². The quantitative estimate of drug-likeness (QED) is 0.357. The van der Waals surface area contributed by atoms with Crippen LogP contribution >= 0.6 is 35.3 Å². The first-order valence-electron chi connectivity index (χ1n) is 8.18. The Balaban J connectivity index is 1.59. The number of fused-ring (bicyclic) bond motifs is 1. The fourth-order valence-corrected chi connectivity index (χ4v) is 4.65. The van der Waals surface area contributed by atoms with Gasteiger partial charge in [-0.05, 0) is 29.7 Å². The lowest BCUT2D eigenvalue weighted by atomic mass is 10.1. The molecule has 0 aliphatic carbocycles. The van der Waals surface area contributed by atoms with Crippen LogP contribution in [0, 0.1) is 4.77 Å². The zero-order chi connectivity index (χ0) is 18.8. The van der Waals surface area contributed by atoms with Crippen molar-refractivity contribution in [3.05, 3.63) is 63.7 Å². The number of carbonyl (C=O) groups is 1. The molecule has 0 radical (unpaired) electrons. The topological polar surface area (TPSA) is 75.8 Å². The molecule has 1 aromatic carbocycles. The molecule has 3 heterocycles. The van der Waals surface area contributed by atoms with E-state index in [-0.39, 0.29) is 12.5 Å². The molecule has 27 heavy (non-hydrogen) atoms. The zero-order valence-electron chi connectivity index (χ0n) is 14.4. The van der Waals surface area contributed by atoms with Crippen LogP contribution in [0.4, 0.5) is 0 Å². The minimum absolute atomic E-state index is 0.261. The van der Waals surface area contributed by atoms with Gasteiger partial charge < -0.3 is 14.3 Å². The molecular formula is C18H16N4O2S3. The second-order valence-electron chi connectivity index (χ2n) is 5.81. The first-order valence-corrected chi connectivity index (χ1v) is 10.5. The van der Waals surface area contributed by atoms with Gasteiger partial charge in [-0.3, -0.25) is 9.89 Å². The lowest BCUT2D eigenvalue weighted by Gasteiger charge is -2.05. The summed E-state index contributed by atoms with van der Waals surface area (Å²) in [6.07, 6.45) is 0. The lowest BCUT2D eigenvalue weighted by Crippen LogP contribution is -2.24. The fourth-order valence-electron chi connectivity index (χ4n) is 2.69. The molecule has 0 aliphatic heterocycles. The molecule has 138 valence electrons. The second-order valence-corrected chi connectivity index (χ2v) is 8.42. The molecule has 3 aromatic heterocycles. The number of H-pyrrole nitrogens is 1. The van der Waals surface area contributed by atoms with Crippen molar-refractivity contribution in [3.8, 4) is 0 Å². The van der Waals surface area contributed by atoms with E-state index in [1.807, 2.05) is 35.7 Å². The Morgan fingerprint density at radius 3 is 2.96 bits per heavy atom. The maximum Gasteiger partial charge on any atom is 0.287 e. The SMILES string of the molecule is Cn1c(CNC(=O)c2oc3ccccc3c2CSc2cccs2)n[nH]c1=S. The van der Waals surface area contributed by atoms with E-state index in [0.29, 0.717) is 27.7 Å². The number of hydrogen-bond acceptors (Lipinski definition) is 6.